The molecular weight excluding hydrogens is 291 g/mol. The lowest BCUT2D eigenvalue weighted by molar-refractivity contribution is 0.0596. The molecule has 0 saturated heterocycles. The van der Waals surface area contributed by atoms with E-state index < -0.39 is 11.8 Å². The molecule has 2 aromatic heterocycles. The number of hydrogen-bond donors (Lipinski definition) is 1. The molecule has 0 spiro atoms. The number of nitrogens with zero attached hydrogens (tertiary/aromatic N) is 1. The first kappa shape index (κ1) is 13.5. The van der Waals surface area contributed by atoms with E-state index in [1.54, 1.807) is 11.3 Å². The topological polar surface area (TPSA) is 55.0 Å². The van der Waals surface area contributed by atoms with Crippen LogP contribution in [-0.4, -0.2) is 23.3 Å². The smallest absolute Gasteiger partial charge is 0.340 e. The number of carbonyl (C=O) groups excluding carboxylic acids is 1. The maximum absolute atomic E-state index is 13.8. The number of rotatable bonds is 3. The van der Waals surface area contributed by atoms with E-state index in [2.05, 4.69) is 14.9 Å². The number of halogens is 1. The lowest BCUT2D eigenvalue weighted by atomic mass is 10.1. The van der Waals surface area contributed by atoms with Crippen LogP contribution in [0, 0.1) is 5.82 Å². The van der Waals surface area contributed by atoms with E-state index in [4.69, 9.17) is 0 Å². The van der Waals surface area contributed by atoms with Crippen molar-refractivity contribution in [3.63, 3.8) is 0 Å². The minimum Gasteiger partial charge on any atom is -0.465 e. The summed E-state index contributed by atoms with van der Waals surface area (Å²) in [6.45, 7) is 0. The summed E-state index contributed by atoms with van der Waals surface area (Å²) in [6.07, 6.45) is 3.74. The predicted octanol–water partition coefficient (Wildman–Crippen LogP) is 3.72. The molecule has 21 heavy (non-hydrogen) atoms. The number of aromatic nitrogens is 2. The third kappa shape index (κ3) is 2.57. The number of fused-ring (bicyclic) bond motifs is 1. The van der Waals surface area contributed by atoms with Gasteiger partial charge in [0.15, 0.2) is 0 Å². The van der Waals surface area contributed by atoms with Crippen LogP contribution in [0.3, 0.4) is 0 Å². The highest BCUT2D eigenvalue weighted by atomic mass is 32.1. The Hall–Kier alpha value is -2.47. The first-order valence-electron chi connectivity index (χ1n) is 6.16. The van der Waals surface area contributed by atoms with Crippen LogP contribution in [0.1, 0.15) is 20.9 Å². The van der Waals surface area contributed by atoms with Gasteiger partial charge in [0.05, 0.1) is 23.9 Å². The number of aromatic amines is 1. The van der Waals surface area contributed by atoms with E-state index in [0.29, 0.717) is 16.6 Å². The molecule has 0 aliphatic carbocycles. The Morgan fingerprint density at radius 2 is 2.29 bits per heavy atom. The molecule has 106 valence electrons. The second-order valence-electron chi connectivity index (χ2n) is 4.33. The molecule has 1 N–H and O–H groups in total. The highest BCUT2D eigenvalue weighted by Gasteiger charge is 2.15. The molecule has 0 atom stereocenters. The van der Waals surface area contributed by atoms with Gasteiger partial charge in [0.25, 0.3) is 0 Å². The molecule has 2 heterocycles. The normalized spacial score (nSPS) is 11.3. The molecule has 4 nitrogen and oxygen atoms in total. The molecule has 1 aromatic carbocycles. The SMILES string of the molecule is COC(=O)c1cc2c(/C=C\c3cccs3)n[nH]c2cc1F. The number of thiophene rings is 1. The van der Waals surface area contributed by atoms with Gasteiger partial charge in [0.2, 0.25) is 0 Å². The first-order valence-corrected chi connectivity index (χ1v) is 7.04. The minimum atomic E-state index is -0.705. The summed E-state index contributed by atoms with van der Waals surface area (Å²) < 4.78 is 18.4. The van der Waals surface area contributed by atoms with Gasteiger partial charge >= 0.3 is 5.97 Å². The third-order valence-electron chi connectivity index (χ3n) is 3.03. The van der Waals surface area contributed by atoms with Crippen molar-refractivity contribution in [1.82, 2.24) is 10.2 Å². The molecule has 0 bridgehead atoms. The maximum Gasteiger partial charge on any atom is 0.340 e. The van der Waals surface area contributed by atoms with Gasteiger partial charge in [-0.05, 0) is 29.7 Å². The van der Waals surface area contributed by atoms with Gasteiger partial charge in [-0.3, -0.25) is 5.10 Å². The number of H-pyrrole nitrogens is 1. The van der Waals surface area contributed by atoms with Crippen molar-refractivity contribution < 1.29 is 13.9 Å². The summed E-state index contributed by atoms with van der Waals surface area (Å²) in [5, 5.41) is 9.54. The van der Waals surface area contributed by atoms with E-state index in [-0.39, 0.29) is 5.56 Å². The molecule has 0 aliphatic heterocycles. The largest absolute Gasteiger partial charge is 0.465 e. The summed E-state index contributed by atoms with van der Waals surface area (Å²) in [5.74, 6) is -1.34. The Morgan fingerprint density at radius 3 is 3.00 bits per heavy atom. The highest BCUT2D eigenvalue weighted by molar-refractivity contribution is 7.10. The zero-order valence-corrected chi connectivity index (χ0v) is 11.9. The summed E-state index contributed by atoms with van der Waals surface area (Å²) in [5.41, 5.74) is 1.08. The van der Waals surface area contributed by atoms with E-state index >= 15 is 0 Å². The van der Waals surface area contributed by atoms with Crippen molar-refractivity contribution in [2.24, 2.45) is 0 Å². The Kier molecular flexibility index (Phi) is 3.53. The summed E-state index contributed by atoms with van der Waals surface area (Å²) in [7, 11) is 1.22. The molecule has 0 unspecified atom stereocenters. The van der Waals surface area contributed by atoms with Gasteiger partial charge in [-0.2, -0.15) is 5.10 Å². The fourth-order valence-electron chi connectivity index (χ4n) is 2.00. The van der Waals surface area contributed by atoms with Crippen LogP contribution in [0.2, 0.25) is 0 Å². The Morgan fingerprint density at radius 1 is 1.43 bits per heavy atom. The van der Waals surface area contributed by atoms with E-state index in [1.165, 1.54) is 19.2 Å². The van der Waals surface area contributed by atoms with Crippen molar-refractivity contribution in [3.05, 3.63) is 51.6 Å². The Bertz CT molecular complexity index is 822. The van der Waals surface area contributed by atoms with Crippen molar-refractivity contribution in [3.8, 4) is 0 Å². The molecule has 6 heteroatoms. The predicted molar refractivity (Wildman–Crippen MR) is 80.6 cm³/mol. The van der Waals surface area contributed by atoms with Crippen LogP contribution in [0.4, 0.5) is 4.39 Å². The molecule has 0 saturated carbocycles. The number of benzene rings is 1. The number of nitrogens with one attached hydrogen (secondary N) is 1. The number of ether oxygens (including phenoxy) is 1. The van der Waals surface area contributed by atoms with E-state index in [1.807, 2.05) is 29.7 Å². The average molecular weight is 302 g/mol. The van der Waals surface area contributed by atoms with Gasteiger partial charge in [-0.1, -0.05) is 6.07 Å². The molecular formula is C15H11FN2O2S. The monoisotopic (exact) mass is 302 g/mol. The van der Waals surface area contributed by atoms with Gasteiger partial charge in [-0.25, -0.2) is 9.18 Å². The molecule has 0 aliphatic rings. The number of carbonyl (C=O) groups is 1. The zero-order chi connectivity index (χ0) is 14.8. The van der Waals surface area contributed by atoms with Gasteiger partial charge in [0, 0.05) is 16.3 Å². The number of hydrogen-bond acceptors (Lipinski definition) is 4. The average Bonchev–Trinajstić information content (AvgIpc) is 3.12. The summed E-state index contributed by atoms with van der Waals surface area (Å²) in [4.78, 5) is 12.6. The first-order chi connectivity index (χ1) is 10.2. The fourth-order valence-corrected chi connectivity index (χ4v) is 2.62. The van der Waals surface area contributed by atoms with Crippen molar-refractivity contribution >= 4 is 40.4 Å². The van der Waals surface area contributed by atoms with Crippen LogP contribution >= 0.6 is 11.3 Å². The third-order valence-corrected chi connectivity index (χ3v) is 3.87. The maximum atomic E-state index is 13.8. The van der Waals surface area contributed by atoms with Crippen LogP contribution in [0.5, 0.6) is 0 Å². The van der Waals surface area contributed by atoms with Gasteiger partial charge < -0.3 is 4.74 Å². The van der Waals surface area contributed by atoms with E-state index in [0.717, 1.165) is 4.88 Å². The van der Waals surface area contributed by atoms with Crippen LogP contribution in [-0.2, 0) is 4.74 Å². The second kappa shape index (κ2) is 5.49. The Balaban J connectivity index is 2.06. The van der Waals surface area contributed by atoms with Crippen molar-refractivity contribution in [2.75, 3.05) is 7.11 Å². The lowest BCUT2D eigenvalue weighted by Gasteiger charge is -2.01. The van der Waals surface area contributed by atoms with Gasteiger partial charge in [-0.15, -0.1) is 11.3 Å². The molecule has 0 fully saturated rings. The van der Waals surface area contributed by atoms with Crippen LogP contribution in [0.15, 0.2) is 29.6 Å². The second-order valence-corrected chi connectivity index (χ2v) is 5.31. The van der Waals surface area contributed by atoms with Crippen molar-refractivity contribution in [1.29, 1.82) is 0 Å². The standard InChI is InChI=1S/C15H11FN2O2S/c1-20-15(19)10-7-11-13(5-4-9-3-2-6-21-9)17-18-14(11)8-12(10)16/h2-8H,1H3,(H,17,18)/b5-4-. The molecule has 0 amide bonds. The number of methoxy groups -OCH3 is 1. The minimum absolute atomic E-state index is 0.0998. The summed E-state index contributed by atoms with van der Waals surface area (Å²) in [6, 6.07) is 6.64. The quantitative estimate of drug-likeness (QED) is 0.750. The lowest BCUT2D eigenvalue weighted by Crippen LogP contribution is -2.04. The fraction of sp³-hybridized carbons (Fsp3) is 0.0667. The van der Waals surface area contributed by atoms with Crippen LogP contribution < -0.4 is 0 Å². The number of esters is 1. The molecule has 3 rings (SSSR count). The Labute approximate surface area is 123 Å². The van der Waals surface area contributed by atoms with Crippen LogP contribution in [0.25, 0.3) is 23.1 Å². The molecule has 3 aromatic rings. The zero-order valence-electron chi connectivity index (χ0n) is 11.1. The summed E-state index contributed by atoms with van der Waals surface area (Å²) >= 11 is 1.61. The molecule has 0 radical (unpaired) electrons. The van der Waals surface area contributed by atoms with Crippen molar-refractivity contribution in [2.45, 2.75) is 0 Å². The highest BCUT2D eigenvalue weighted by Crippen LogP contribution is 2.23. The van der Waals surface area contributed by atoms with E-state index in [9.17, 15) is 9.18 Å². The van der Waals surface area contributed by atoms with Gasteiger partial charge in [0.1, 0.15) is 5.82 Å².